The average Bonchev–Trinajstić information content (AvgIpc) is 2.45. The van der Waals surface area contributed by atoms with Crippen LogP contribution in [0.2, 0.25) is 5.02 Å². The van der Waals surface area contributed by atoms with E-state index in [0.29, 0.717) is 0 Å². The van der Waals surface area contributed by atoms with E-state index in [1.807, 2.05) is 24.3 Å². The predicted molar refractivity (Wildman–Crippen MR) is 66.7 cm³/mol. The Kier molecular flexibility index (Phi) is 2.99. The predicted octanol–water partition coefficient (Wildman–Crippen LogP) is 3.00. The maximum atomic E-state index is 5.86. The molecule has 88 valence electrons. The third-order valence-electron chi connectivity index (χ3n) is 2.81. The van der Waals surface area contributed by atoms with Crippen molar-refractivity contribution >= 4 is 11.6 Å². The van der Waals surface area contributed by atoms with Crippen molar-refractivity contribution in [1.82, 2.24) is 5.32 Å². The van der Waals surface area contributed by atoms with Crippen LogP contribution >= 0.6 is 11.6 Å². The molecule has 1 aliphatic heterocycles. The van der Waals surface area contributed by atoms with Crippen LogP contribution in [-0.4, -0.2) is 17.9 Å². The van der Waals surface area contributed by atoms with Crippen molar-refractivity contribution in [3.63, 3.8) is 0 Å². The van der Waals surface area contributed by atoms with Crippen LogP contribution in [-0.2, 0) is 11.2 Å². The van der Waals surface area contributed by atoms with Crippen LogP contribution < -0.4 is 5.32 Å². The molecule has 0 aromatic heterocycles. The lowest BCUT2D eigenvalue weighted by atomic mass is 10.0. The first-order chi connectivity index (χ1) is 7.39. The van der Waals surface area contributed by atoms with Crippen LogP contribution in [0.25, 0.3) is 0 Å². The summed E-state index contributed by atoms with van der Waals surface area (Å²) in [7, 11) is 0. The summed E-state index contributed by atoms with van der Waals surface area (Å²) < 4.78 is 5.85. The highest BCUT2D eigenvalue weighted by Crippen LogP contribution is 2.26. The molecule has 1 atom stereocenters. The van der Waals surface area contributed by atoms with Crippen LogP contribution in [0.1, 0.15) is 26.3 Å². The van der Waals surface area contributed by atoms with Crippen molar-refractivity contribution in [2.75, 3.05) is 6.61 Å². The van der Waals surface area contributed by atoms with Gasteiger partial charge in [-0.1, -0.05) is 23.7 Å². The highest BCUT2D eigenvalue weighted by molar-refractivity contribution is 6.30. The molecule has 0 radical (unpaired) electrons. The van der Waals surface area contributed by atoms with Crippen molar-refractivity contribution < 1.29 is 4.74 Å². The summed E-state index contributed by atoms with van der Waals surface area (Å²) in [6.07, 6.45) is 0.855. The summed E-state index contributed by atoms with van der Waals surface area (Å²) in [4.78, 5) is 0. The highest BCUT2D eigenvalue weighted by atomic mass is 35.5. The van der Waals surface area contributed by atoms with Crippen molar-refractivity contribution in [3.05, 3.63) is 34.9 Å². The molecule has 1 aromatic rings. The first-order valence-electron chi connectivity index (χ1n) is 5.56. The Labute approximate surface area is 102 Å². The van der Waals surface area contributed by atoms with Gasteiger partial charge in [0.15, 0.2) is 0 Å². The van der Waals surface area contributed by atoms with Crippen LogP contribution in [0.4, 0.5) is 0 Å². The standard InChI is InChI=1S/C13H18ClNO/c1-12(2)9-16-13(3,15-12)8-10-4-6-11(14)7-5-10/h4-7,15H,8-9H2,1-3H3. The Balaban J connectivity index is 2.07. The Morgan fingerprint density at radius 2 is 1.88 bits per heavy atom. The van der Waals surface area contributed by atoms with Crippen molar-refractivity contribution in [2.24, 2.45) is 0 Å². The molecule has 1 fully saturated rings. The van der Waals surface area contributed by atoms with Crippen molar-refractivity contribution in [2.45, 2.75) is 38.5 Å². The van der Waals surface area contributed by atoms with Gasteiger partial charge in [0.1, 0.15) is 5.72 Å². The summed E-state index contributed by atoms with van der Waals surface area (Å²) in [6.45, 7) is 7.15. The molecule has 1 N–H and O–H groups in total. The van der Waals surface area contributed by atoms with E-state index >= 15 is 0 Å². The smallest absolute Gasteiger partial charge is 0.121 e. The SMILES string of the molecule is CC1(C)COC(C)(Cc2ccc(Cl)cc2)N1. The van der Waals surface area contributed by atoms with Crippen molar-refractivity contribution in [3.8, 4) is 0 Å². The van der Waals surface area contributed by atoms with Gasteiger partial charge in [-0.3, -0.25) is 5.32 Å². The first kappa shape index (κ1) is 11.9. The lowest BCUT2D eigenvalue weighted by molar-refractivity contribution is 0.00670. The molecule has 16 heavy (non-hydrogen) atoms. The molecule has 2 rings (SSSR count). The van der Waals surface area contributed by atoms with Crippen LogP contribution in [0.15, 0.2) is 24.3 Å². The number of hydrogen-bond donors (Lipinski definition) is 1. The van der Waals surface area contributed by atoms with E-state index in [2.05, 4.69) is 26.1 Å². The summed E-state index contributed by atoms with van der Waals surface area (Å²) >= 11 is 5.86. The molecular weight excluding hydrogens is 222 g/mol. The number of benzene rings is 1. The summed E-state index contributed by atoms with van der Waals surface area (Å²) in [5, 5.41) is 4.29. The van der Waals surface area contributed by atoms with E-state index in [-0.39, 0.29) is 11.3 Å². The van der Waals surface area contributed by atoms with Crippen LogP contribution in [0.3, 0.4) is 0 Å². The van der Waals surface area contributed by atoms with E-state index in [0.717, 1.165) is 18.1 Å². The quantitative estimate of drug-likeness (QED) is 0.857. The monoisotopic (exact) mass is 239 g/mol. The molecule has 1 heterocycles. The number of rotatable bonds is 2. The topological polar surface area (TPSA) is 21.3 Å². The lowest BCUT2D eigenvalue weighted by Gasteiger charge is -2.26. The Morgan fingerprint density at radius 3 is 2.38 bits per heavy atom. The van der Waals surface area contributed by atoms with Gasteiger partial charge >= 0.3 is 0 Å². The normalized spacial score (nSPS) is 28.2. The Morgan fingerprint density at radius 1 is 1.25 bits per heavy atom. The Bertz CT molecular complexity index is 374. The molecule has 0 bridgehead atoms. The maximum absolute atomic E-state index is 5.86. The van der Waals surface area contributed by atoms with E-state index in [1.165, 1.54) is 5.56 Å². The molecule has 2 nitrogen and oxygen atoms in total. The minimum atomic E-state index is -0.267. The first-order valence-corrected chi connectivity index (χ1v) is 5.94. The highest BCUT2D eigenvalue weighted by Gasteiger charge is 2.39. The molecule has 0 spiro atoms. The number of halogens is 1. The third kappa shape index (κ3) is 2.76. The summed E-state index contributed by atoms with van der Waals surface area (Å²) in [6, 6.07) is 7.93. The second-order valence-electron chi connectivity index (χ2n) is 5.33. The molecule has 0 amide bonds. The fourth-order valence-corrected chi connectivity index (χ4v) is 2.34. The Hall–Kier alpha value is -0.570. The van der Waals surface area contributed by atoms with Crippen LogP contribution in [0, 0.1) is 0 Å². The fourth-order valence-electron chi connectivity index (χ4n) is 2.21. The van der Waals surface area contributed by atoms with Crippen molar-refractivity contribution in [1.29, 1.82) is 0 Å². The zero-order chi connectivity index (χ0) is 11.8. The van der Waals surface area contributed by atoms with Gasteiger partial charge in [0.05, 0.1) is 6.61 Å². The van der Waals surface area contributed by atoms with E-state index < -0.39 is 0 Å². The van der Waals surface area contributed by atoms with E-state index in [9.17, 15) is 0 Å². The largest absolute Gasteiger partial charge is 0.359 e. The second-order valence-corrected chi connectivity index (χ2v) is 5.77. The van der Waals surface area contributed by atoms with Gasteiger partial charge in [-0.25, -0.2) is 0 Å². The number of nitrogens with one attached hydrogen (secondary N) is 1. The van der Waals surface area contributed by atoms with Crippen LogP contribution in [0.5, 0.6) is 0 Å². The van der Waals surface area contributed by atoms with E-state index in [4.69, 9.17) is 16.3 Å². The second kappa shape index (κ2) is 4.02. The fraction of sp³-hybridized carbons (Fsp3) is 0.538. The van der Waals surface area contributed by atoms with Gasteiger partial charge in [0, 0.05) is 17.0 Å². The molecule has 1 aliphatic rings. The number of hydrogen-bond acceptors (Lipinski definition) is 2. The van der Waals surface area contributed by atoms with Gasteiger partial charge in [-0.15, -0.1) is 0 Å². The van der Waals surface area contributed by atoms with Gasteiger partial charge in [0.25, 0.3) is 0 Å². The third-order valence-corrected chi connectivity index (χ3v) is 3.06. The zero-order valence-electron chi connectivity index (χ0n) is 10.0. The summed E-state index contributed by atoms with van der Waals surface area (Å²) in [5.74, 6) is 0. The van der Waals surface area contributed by atoms with Gasteiger partial charge in [0.2, 0.25) is 0 Å². The molecule has 1 saturated heterocycles. The lowest BCUT2D eigenvalue weighted by Crippen LogP contribution is -2.47. The summed E-state index contributed by atoms with van der Waals surface area (Å²) in [5.41, 5.74) is 1.02. The van der Waals surface area contributed by atoms with Gasteiger partial charge < -0.3 is 4.74 Å². The maximum Gasteiger partial charge on any atom is 0.121 e. The van der Waals surface area contributed by atoms with Gasteiger partial charge in [-0.05, 0) is 38.5 Å². The molecule has 0 saturated carbocycles. The van der Waals surface area contributed by atoms with Gasteiger partial charge in [-0.2, -0.15) is 0 Å². The average molecular weight is 240 g/mol. The zero-order valence-corrected chi connectivity index (χ0v) is 10.8. The molecule has 1 aromatic carbocycles. The molecule has 3 heteroatoms. The minimum Gasteiger partial charge on any atom is -0.359 e. The molecule has 1 unspecified atom stereocenters. The van der Waals surface area contributed by atoms with E-state index in [1.54, 1.807) is 0 Å². The number of ether oxygens (including phenoxy) is 1. The molecule has 0 aliphatic carbocycles. The minimum absolute atomic E-state index is 0.0567. The molecular formula is C13H18ClNO.